The molecule has 7 heteroatoms. The van der Waals surface area contributed by atoms with Crippen molar-refractivity contribution < 1.29 is 22.7 Å². The summed E-state index contributed by atoms with van der Waals surface area (Å²) in [7, 11) is 2.07. The maximum absolute atomic E-state index is 12.8. The number of nitrogens with one attached hydrogen (secondary N) is 1. The normalized spacial score (nSPS) is 17.5. The van der Waals surface area contributed by atoms with Crippen LogP contribution in [0, 0.1) is 0 Å². The second kappa shape index (κ2) is 8.65. The van der Waals surface area contributed by atoms with Crippen LogP contribution in [0.25, 0.3) is 11.1 Å². The van der Waals surface area contributed by atoms with E-state index in [1.807, 2.05) is 0 Å². The Morgan fingerprint density at radius 3 is 2.54 bits per heavy atom. The summed E-state index contributed by atoms with van der Waals surface area (Å²) in [6.07, 6.45) is -1.90. The maximum Gasteiger partial charge on any atom is 0.416 e. The summed E-state index contributed by atoms with van der Waals surface area (Å²) in [6, 6.07) is 12.2. The van der Waals surface area contributed by atoms with E-state index in [9.17, 15) is 18.0 Å². The number of alkyl halides is 3. The van der Waals surface area contributed by atoms with E-state index < -0.39 is 17.8 Å². The van der Waals surface area contributed by atoms with Crippen LogP contribution in [0.15, 0.2) is 48.5 Å². The predicted molar refractivity (Wildman–Crippen MR) is 102 cm³/mol. The highest BCUT2D eigenvalue weighted by Crippen LogP contribution is 2.33. The van der Waals surface area contributed by atoms with Gasteiger partial charge in [0.05, 0.1) is 17.9 Å². The third kappa shape index (κ3) is 5.04. The highest BCUT2D eigenvalue weighted by Gasteiger charge is 2.30. The fourth-order valence-corrected chi connectivity index (χ4v) is 3.46. The van der Waals surface area contributed by atoms with Gasteiger partial charge in [-0.3, -0.25) is 5.32 Å². The molecule has 1 aliphatic heterocycles. The summed E-state index contributed by atoms with van der Waals surface area (Å²) in [5.74, 6) is 0. The van der Waals surface area contributed by atoms with Gasteiger partial charge < -0.3 is 9.64 Å². The second-order valence-electron chi connectivity index (χ2n) is 6.95. The van der Waals surface area contributed by atoms with Crippen molar-refractivity contribution in [2.45, 2.75) is 31.5 Å². The van der Waals surface area contributed by atoms with E-state index in [0.717, 1.165) is 37.9 Å². The summed E-state index contributed by atoms with van der Waals surface area (Å²) < 4.78 is 43.5. The number of ether oxygens (including phenoxy) is 1. The van der Waals surface area contributed by atoms with E-state index in [-0.39, 0.29) is 0 Å². The summed E-state index contributed by atoms with van der Waals surface area (Å²) >= 11 is 0. The van der Waals surface area contributed by atoms with Gasteiger partial charge in [0.1, 0.15) is 0 Å². The lowest BCUT2D eigenvalue weighted by atomic mass is 10.0. The highest BCUT2D eigenvalue weighted by molar-refractivity contribution is 5.91. The average Bonchev–Trinajstić information content (AvgIpc) is 3.06. The maximum atomic E-state index is 12.8. The number of benzene rings is 2. The van der Waals surface area contributed by atoms with Crippen LogP contribution in [-0.4, -0.2) is 37.2 Å². The zero-order chi connectivity index (χ0) is 20.1. The minimum absolute atomic E-state index is 0.323. The minimum atomic E-state index is -4.38. The van der Waals surface area contributed by atoms with Crippen LogP contribution in [0.2, 0.25) is 0 Å². The van der Waals surface area contributed by atoms with E-state index in [0.29, 0.717) is 29.5 Å². The Balaban J connectivity index is 1.62. The summed E-state index contributed by atoms with van der Waals surface area (Å²) in [5.41, 5.74) is 0.989. The van der Waals surface area contributed by atoms with Gasteiger partial charge in [-0.15, -0.1) is 0 Å². The molecule has 28 heavy (non-hydrogen) atoms. The molecule has 1 unspecified atom stereocenters. The number of likely N-dealkylation sites (tertiary alicyclic amines) is 1. The number of hydrogen-bond acceptors (Lipinski definition) is 3. The first-order valence-electron chi connectivity index (χ1n) is 9.25. The van der Waals surface area contributed by atoms with E-state index in [1.165, 1.54) is 12.1 Å². The van der Waals surface area contributed by atoms with Crippen molar-refractivity contribution in [2.75, 3.05) is 25.5 Å². The van der Waals surface area contributed by atoms with Gasteiger partial charge >= 0.3 is 12.3 Å². The molecule has 0 spiro atoms. The molecule has 0 aromatic heterocycles. The quantitative estimate of drug-likeness (QED) is 0.740. The van der Waals surface area contributed by atoms with Gasteiger partial charge in [-0.05, 0) is 56.6 Å². The summed E-state index contributed by atoms with van der Waals surface area (Å²) in [4.78, 5) is 14.4. The number of carbonyl (C=O) groups is 1. The minimum Gasteiger partial charge on any atom is -0.449 e. The van der Waals surface area contributed by atoms with Crippen LogP contribution < -0.4 is 5.32 Å². The Hall–Kier alpha value is -2.54. The van der Waals surface area contributed by atoms with Gasteiger partial charge in [0.15, 0.2) is 0 Å². The average molecular weight is 392 g/mol. The standard InChI is InChI=1S/C21H23F3N2O2/c1-26-13-4-5-17(26)12-14-28-20(27)25-19-7-3-2-6-18(19)15-8-10-16(11-9-15)21(22,23)24/h2-3,6-11,17H,4-5,12-14H2,1H3,(H,25,27). The van der Waals surface area contributed by atoms with E-state index in [1.54, 1.807) is 24.3 Å². The van der Waals surface area contributed by atoms with E-state index in [2.05, 4.69) is 17.3 Å². The fourth-order valence-electron chi connectivity index (χ4n) is 3.46. The number of para-hydroxylation sites is 1. The molecule has 2 aromatic carbocycles. The van der Waals surface area contributed by atoms with Gasteiger partial charge in [0.2, 0.25) is 0 Å². The number of rotatable bonds is 5. The van der Waals surface area contributed by atoms with Gasteiger partial charge in [0.25, 0.3) is 0 Å². The predicted octanol–water partition coefficient (Wildman–Crippen LogP) is 5.41. The summed E-state index contributed by atoms with van der Waals surface area (Å²) in [6.45, 7) is 1.39. The van der Waals surface area contributed by atoms with Gasteiger partial charge in [-0.2, -0.15) is 13.2 Å². The molecule has 0 aliphatic carbocycles. The lowest BCUT2D eigenvalue weighted by Gasteiger charge is -2.19. The van der Waals surface area contributed by atoms with Crippen LogP contribution in [0.1, 0.15) is 24.8 Å². The molecule has 1 aliphatic rings. The number of amides is 1. The molecule has 1 amide bonds. The van der Waals surface area contributed by atoms with Crippen molar-refractivity contribution in [1.82, 2.24) is 4.90 Å². The molecule has 1 fully saturated rings. The van der Waals surface area contributed by atoms with E-state index >= 15 is 0 Å². The largest absolute Gasteiger partial charge is 0.449 e. The SMILES string of the molecule is CN1CCCC1CCOC(=O)Nc1ccccc1-c1ccc(C(F)(F)F)cc1. The number of halogens is 3. The van der Waals surface area contributed by atoms with Crippen molar-refractivity contribution in [3.8, 4) is 11.1 Å². The molecule has 1 N–H and O–H groups in total. The van der Waals surface area contributed by atoms with E-state index in [4.69, 9.17) is 4.74 Å². The number of carbonyl (C=O) groups excluding carboxylic acids is 1. The Morgan fingerprint density at radius 1 is 1.18 bits per heavy atom. The van der Waals surface area contributed by atoms with Gasteiger partial charge in [-0.1, -0.05) is 30.3 Å². The number of hydrogen-bond donors (Lipinski definition) is 1. The first-order valence-corrected chi connectivity index (χ1v) is 9.25. The first-order chi connectivity index (χ1) is 13.3. The molecule has 1 heterocycles. The molecule has 2 aromatic rings. The monoisotopic (exact) mass is 392 g/mol. The molecule has 0 saturated carbocycles. The number of nitrogens with zero attached hydrogens (tertiary/aromatic N) is 1. The molecule has 0 bridgehead atoms. The molecular weight excluding hydrogens is 369 g/mol. The van der Waals surface area contributed by atoms with Crippen LogP contribution in [0.5, 0.6) is 0 Å². The first kappa shape index (κ1) is 20.2. The number of anilines is 1. The molecule has 0 radical (unpaired) electrons. The molecule has 1 saturated heterocycles. The van der Waals surface area contributed by atoms with Crippen LogP contribution in [0.3, 0.4) is 0 Å². The lowest BCUT2D eigenvalue weighted by molar-refractivity contribution is -0.137. The van der Waals surface area contributed by atoms with Gasteiger partial charge in [-0.25, -0.2) is 4.79 Å². The van der Waals surface area contributed by atoms with Crippen molar-refractivity contribution in [3.63, 3.8) is 0 Å². The lowest BCUT2D eigenvalue weighted by Crippen LogP contribution is -2.27. The molecule has 150 valence electrons. The second-order valence-corrected chi connectivity index (χ2v) is 6.95. The molecular formula is C21H23F3N2O2. The molecule has 3 rings (SSSR count). The topological polar surface area (TPSA) is 41.6 Å². The Morgan fingerprint density at radius 2 is 1.89 bits per heavy atom. The van der Waals surface area contributed by atoms with Crippen molar-refractivity contribution in [1.29, 1.82) is 0 Å². The third-order valence-electron chi connectivity index (χ3n) is 5.04. The zero-order valence-corrected chi connectivity index (χ0v) is 15.6. The van der Waals surface area contributed by atoms with Gasteiger partial charge in [0, 0.05) is 11.6 Å². The van der Waals surface area contributed by atoms with Crippen LogP contribution in [0.4, 0.5) is 23.7 Å². The third-order valence-corrected chi connectivity index (χ3v) is 5.04. The van der Waals surface area contributed by atoms with Crippen molar-refractivity contribution in [2.24, 2.45) is 0 Å². The Kier molecular flexibility index (Phi) is 6.24. The van der Waals surface area contributed by atoms with Crippen LogP contribution >= 0.6 is 0 Å². The van der Waals surface area contributed by atoms with Crippen LogP contribution in [-0.2, 0) is 10.9 Å². The Bertz CT molecular complexity index is 806. The highest BCUT2D eigenvalue weighted by atomic mass is 19.4. The van der Waals surface area contributed by atoms with Crippen molar-refractivity contribution in [3.05, 3.63) is 54.1 Å². The summed E-state index contributed by atoms with van der Waals surface area (Å²) in [5, 5.41) is 2.69. The molecule has 1 atom stereocenters. The molecule has 4 nitrogen and oxygen atoms in total. The Labute approximate surface area is 162 Å². The van der Waals surface area contributed by atoms with Crippen molar-refractivity contribution >= 4 is 11.8 Å². The smallest absolute Gasteiger partial charge is 0.416 e. The zero-order valence-electron chi connectivity index (χ0n) is 15.6. The fraction of sp³-hybridized carbons (Fsp3) is 0.381.